The van der Waals surface area contributed by atoms with Gasteiger partial charge in [-0.15, -0.1) is 0 Å². The Hall–Kier alpha value is -1.98. The highest BCUT2D eigenvalue weighted by atomic mass is 79.9. The summed E-state index contributed by atoms with van der Waals surface area (Å²) < 4.78 is 6.77. The minimum Gasteiger partial charge on any atom is -0.356 e. The molecule has 0 spiro atoms. The van der Waals surface area contributed by atoms with Crippen molar-refractivity contribution in [2.75, 3.05) is 0 Å². The number of H-pyrrole nitrogens is 1. The summed E-state index contributed by atoms with van der Waals surface area (Å²) in [7, 11) is 0. The van der Waals surface area contributed by atoms with E-state index in [0.29, 0.717) is 28.7 Å². The predicted molar refractivity (Wildman–Crippen MR) is 77.4 cm³/mol. The van der Waals surface area contributed by atoms with Crippen LogP contribution >= 0.6 is 31.9 Å². The zero-order chi connectivity index (χ0) is 14.1. The van der Waals surface area contributed by atoms with Crippen molar-refractivity contribution >= 4 is 31.9 Å². The molecular formula is C12H5Br2N5O. The maximum Gasteiger partial charge on any atom is 0.274 e. The summed E-state index contributed by atoms with van der Waals surface area (Å²) in [6.45, 7) is 0. The SMILES string of the molecule is N#Cc1c[nH]c(-c2nc(-c3ncc(Br)cc3Br)no2)c1. The van der Waals surface area contributed by atoms with Gasteiger partial charge in [0.1, 0.15) is 17.5 Å². The number of aromatic amines is 1. The molecule has 0 aliphatic rings. The highest BCUT2D eigenvalue weighted by molar-refractivity contribution is 9.11. The Bertz CT molecular complexity index is 817. The van der Waals surface area contributed by atoms with Gasteiger partial charge >= 0.3 is 0 Å². The second-order valence-electron chi connectivity index (χ2n) is 3.82. The molecular weight excluding hydrogens is 390 g/mol. The van der Waals surface area contributed by atoms with Crippen molar-refractivity contribution in [1.82, 2.24) is 20.1 Å². The minimum atomic E-state index is 0.304. The van der Waals surface area contributed by atoms with Gasteiger partial charge in [-0.25, -0.2) is 0 Å². The molecule has 8 heteroatoms. The zero-order valence-electron chi connectivity index (χ0n) is 9.76. The van der Waals surface area contributed by atoms with E-state index in [9.17, 15) is 0 Å². The van der Waals surface area contributed by atoms with Gasteiger partial charge in [0.15, 0.2) is 0 Å². The third kappa shape index (κ3) is 2.37. The largest absolute Gasteiger partial charge is 0.356 e. The van der Waals surface area contributed by atoms with Crippen LogP contribution in [0.5, 0.6) is 0 Å². The van der Waals surface area contributed by atoms with Gasteiger partial charge in [0, 0.05) is 21.3 Å². The van der Waals surface area contributed by atoms with E-state index in [0.717, 1.165) is 8.95 Å². The number of hydrogen-bond donors (Lipinski definition) is 1. The second-order valence-corrected chi connectivity index (χ2v) is 5.59. The summed E-state index contributed by atoms with van der Waals surface area (Å²) in [4.78, 5) is 11.4. The minimum absolute atomic E-state index is 0.304. The lowest BCUT2D eigenvalue weighted by Crippen LogP contribution is -1.87. The Morgan fingerprint density at radius 2 is 2.15 bits per heavy atom. The maximum absolute atomic E-state index is 8.79. The van der Waals surface area contributed by atoms with Gasteiger partial charge in [0.2, 0.25) is 5.82 Å². The standard InChI is InChI=1S/C12H5Br2N5O/c13-7-2-8(14)10(17-5-7)11-18-12(20-19-11)9-1-6(3-15)4-16-9/h1-2,4-5,16H. The topological polar surface area (TPSA) is 91.4 Å². The number of hydrogen-bond acceptors (Lipinski definition) is 5. The molecule has 6 nitrogen and oxygen atoms in total. The van der Waals surface area contributed by atoms with Crippen molar-refractivity contribution in [3.8, 4) is 29.2 Å². The number of nitriles is 1. The quantitative estimate of drug-likeness (QED) is 0.717. The third-order valence-corrected chi connectivity index (χ3v) is 3.53. The molecule has 0 atom stereocenters. The van der Waals surface area contributed by atoms with Crippen LogP contribution in [0.15, 0.2) is 38.0 Å². The Morgan fingerprint density at radius 1 is 1.30 bits per heavy atom. The van der Waals surface area contributed by atoms with Crippen molar-refractivity contribution in [2.24, 2.45) is 0 Å². The monoisotopic (exact) mass is 393 g/mol. The molecule has 0 saturated carbocycles. The van der Waals surface area contributed by atoms with Crippen molar-refractivity contribution in [3.63, 3.8) is 0 Å². The summed E-state index contributed by atoms with van der Waals surface area (Å²) in [5.41, 5.74) is 1.67. The predicted octanol–water partition coefficient (Wildman–Crippen LogP) is 3.52. The van der Waals surface area contributed by atoms with E-state index in [1.54, 1.807) is 18.5 Å². The lowest BCUT2D eigenvalue weighted by atomic mass is 10.3. The molecule has 0 radical (unpaired) electrons. The zero-order valence-corrected chi connectivity index (χ0v) is 12.9. The molecule has 1 N–H and O–H groups in total. The first-order chi connectivity index (χ1) is 9.67. The van der Waals surface area contributed by atoms with E-state index in [1.807, 2.05) is 12.1 Å². The van der Waals surface area contributed by atoms with Gasteiger partial charge in [-0.1, -0.05) is 5.16 Å². The molecule has 20 heavy (non-hydrogen) atoms. The average molecular weight is 395 g/mol. The molecule has 0 amide bonds. The number of halogens is 2. The number of nitrogens with one attached hydrogen (secondary N) is 1. The normalized spacial score (nSPS) is 10.4. The van der Waals surface area contributed by atoms with Crippen LogP contribution < -0.4 is 0 Å². The van der Waals surface area contributed by atoms with Crippen LogP contribution in [-0.2, 0) is 0 Å². The van der Waals surface area contributed by atoms with Crippen LogP contribution in [0, 0.1) is 11.3 Å². The molecule has 98 valence electrons. The summed E-state index contributed by atoms with van der Waals surface area (Å²) in [5.74, 6) is 0.672. The third-order valence-electron chi connectivity index (χ3n) is 2.49. The summed E-state index contributed by atoms with van der Waals surface area (Å²) in [6, 6.07) is 5.51. The van der Waals surface area contributed by atoms with Gasteiger partial charge in [-0.2, -0.15) is 10.2 Å². The first kappa shape index (κ1) is 13.0. The Labute approximate surface area is 130 Å². The molecule has 0 aliphatic heterocycles. The molecule has 0 saturated heterocycles. The summed E-state index contributed by atoms with van der Waals surface area (Å²) >= 11 is 6.73. The average Bonchev–Trinajstić information content (AvgIpc) is 3.07. The molecule has 3 aromatic rings. The molecule has 0 unspecified atom stereocenters. The van der Waals surface area contributed by atoms with E-state index in [2.05, 4.69) is 52.0 Å². The highest BCUT2D eigenvalue weighted by Crippen LogP contribution is 2.28. The summed E-state index contributed by atoms with van der Waals surface area (Å²) in [5, 5.41) is 12.7. The second kappa shape index (κ2) is 5.19. The number of rotatable bonds is 2. The molecule has 0 fully saturated rings. The number of pyridine rings is 1. The molecule has 3 aromatic heterocycles. The maximum atomic E-state index is 8.79. The fourth-order valence-corrected chi connectivity index (χ4v) is 2.76. The van der Waals surface area contributed by atoms with Crippen molar-refractivity contribution in [3.05, 3.63) is 39.0 Å². The van der Waals surface area contributed by atoms with E-state index in [-0.39, 0.29) is 0 Å². The Morgan fingerprint density at radius 3 is 2.85 bits per heavy atom. The smallest absolute Gasteiger partial charge is 0.274 e. The van der Waals surface area contributed by atoms with Gasteiger partial charge < -0.3 is 9.51 Å². The van der Waals surface area contributed by atoms with Crippen molar-refractivity contribution in [2.45, 2.75) is 0 Å². The fraction of sp³-hybridized carbons (Fsp3) is 0. The van der Waals surface area contributed by atoms with Crippen LogP contribution in [-0.4, -0.2) is 20.1 Å². The number of aromatic nitrogens is 4. The Kier molecular flexibility index (Phi) is 3.38. The van der Waals surface area contributed by atoms with Gasteiger partial charge in [-0.3, -0.25) is 4.98 Å². The van der Waals surface area contributed by atoms with Crippen LogP contribution in [0.3, 0.4) is 0 Å². The van der Waals surface area contributed by atoms with Gasteiger partial charge in [0.25, 0.3) is 5.89 Å². The molecule has 0 aromatic carbocycles. The van der Waals surface area contributed by atoms with Crippen LogP contribution in [0.1, 0.15) is 5.56 Å². The van der Waals surface area contributed by atoms with E-state index >= 15 is 0 Å². The van der Waals surface area contributed by atoms with Gasteiger partial charge in [0.05, 0.1) is 5.56 Å². The van der Waals surface area contributed by atoms with E-state index < -0.39 is 0 Å². The summed E-state index contributed by atoms with van der Waals surface area (Å²) in [6.07, 6.45) is 3.23. The van der Waals surface area contributed by atoms with Crippen molar-refractivity contribution in [1.29, 1.82) is 5.26 Å². The number of nitrogens with zero attached hydrogens (tertiary/aromatic N) is 4. The fourth-order valence-electron chi connectivity index (χ4n) is 1.59. The highest BCUT2D eigenvalue weighted by Gasteiger charge is 2.15. The van der Waals surface area contributed by atoms with E-state index in [4.69, 9.17) is 9.78 Å². The van der Waals surface area contributed by atoms with Crippen molar-refractivity contribution < 1.29 is 4.52 Å². The first-order valence-electron chi connectivity index (χ1n) is 5.41. The van der Waals surface area contributed by atoms with Crippen LogP contribution in [0.4, 0.5) is 0 Å². The molecule has 0 bridgehead atoms. The first-order valence-corrected chi connectivity index (χ1v) is 7.00. The van der Waals surface area contributed by atoms with E-state index in [1.165, 1.54) is 0 Å². The molecule has 3 rings (SSSR count). The molecule has 0 aliphatic carbocycles. The van der Waals surface area contributed by atoms with Crippen LogP contribution in [0.25, 0.3) is 23.1 Å². The lowest BCUT2D eigenvalue weighted by molar-refractivity contribution is 0.431. The Balaban J connectivity index is 2.00. The van der Waals surface area contributed by atoms with Gasteiger partial charge in [-0.05, 0) is 44.0 Å². The molecule has 3 heterocycles. The lowest BCUT2D eigenvalue weighted by Gasteiger charge is -1.97. The van der Waals surface area contributed by atoms with Crippen LogP contribution in [0.2, 0.25) is 0 Å².